The Bertz CT molecular complexity index is 361. The second-order valence-corrected chi connectivity index (χ2v) is 4.53. The predicted octanol–water partition coefficient (Wildman–Crippen LogP) is 3.48. The third-order valence-electron chi connectivity index (χ3n) is 2.76. The molecule has 1 aromatic carbocycles. The fourth-order valence-electron chi connectivity index (χ4n) is 1.55. The highest BCUT2D eigenvalue weighted by atomic mass is 35.5. The van der Waals surface area contributed by atoms with Crippen LogP contribution in [0.5, 0.6) is 5.75 Å². The molecule has 3 heteroatoms. The van der Waals surface area contributed by atoms with Gasteiger partial charge in [0.15, 0.2) is 0 Å². The van der Waals surface area contributed by atoms with E-state index in [0.29, 0.717) is 0 Å². The van der Waals surface area contributed by atoms with Crippen LogP contribution in [0.1, 0.15) is 18.4 Å². The zero-order valence-corrected chi connectivity index (χ0v) is 9.90. The number of benzene rings is 1. The second-order valence-electron chi connectivity index (χ2n) is 4.13. The molecule has 0 spiro atoms. The number of anilines is 1. The Hall–Kier alpha value is -0.890. The van der Waals surface area contributed by atoms with E-state index >= 15 is 0 Å². The van der Waals surface area contributed by atoms with Gasteiger partial charge in [0.05, 0.1) is 12.8 Å². The van der Waals surface area contributed by atoms with Crippen LogP contribution in [0.2, 0.25) is 5.02 Å². The summed E-state index contributed by atoms with van der Waals surface area (Å²) in [5, 5.41) is 4.16. The molecule has 15 heavy (non-hydrogen) atoms. The van der Waals surface area contributed by atoms with Crippen molar-refractivity contribution in [2.75, 3.05) is 19.0 Å². The molecule has 1 fully saturated rings. The van der Waals surface area contributed by atoms with Crippen molar-refractivity contribution in [3.05, 3.63) is 22.7 Å². The molecule has 0 saturated heterocycles. The number of rotatable bonds is 4. The Morgan fingerprint density at radius 1 is 1.47 bits per heavy atom. The van der Waals surface area contributed by atoms with Crippen molar-refractivity contribution >= 4 is 17.3 Å². The number of halogens is 1. The van der Waals surface area contributed by atoms with Gasteiger partial charge in [0.25, 0.3) is 0 Å². The van der Waals surface area contributed by atoms with E-state index in [2.05, 4.69) is 5.32 Å². The van der Waals surface area contributed by atoms with Gasteiger partial charge in [-0.05, 0) is 37.3 Å². The fourth-order valence-corrected chi connectivity index (χ4v) is 1.70. The van der Waals surface area contributed by atoms with E-state index in [1.165, 1.54) is 12.8 Å². The van der Waals surface area contributed by atoms with Gasteiger partial charge in [0.1, 0.15) is 5.75 Å². The largest absolute Gasteiger partial charge is 0.495 e. The van der Waals surface area contributed by atoms with E-state index in [4.69, 9.17) is 16.3 Å². The van der Waals surface area contributed by atoms with Crippen molar-refractivity contribution < 1.29 is 4.74 Å². The molecule has 0 radical (unpaired) electrons. The maximum absolute atomic E-state index is 6.03. The molecular weight excluding hydrogens is 210 g/mol. The Morgan fingerprint density at radius 2 is 2.20 bits per heavy atom. The molecule has 1 N–H and O–H groups in total. The van der Waals surface area contributed by atoms with Crippen LogP contribution < -0.4 is 10.1 Å². The summed E-state index contributed by atoms with van der Waals surface area (Å²) in [6.45, 7) is 3.04. The molecule has 0 atom stereocenters. The molecule has 0 amide bonds. The Balaban J connectivity index is 2.15. The van der Waals surface area contributed by atoms with E-state index < -0.39 is 0 Å². The van der Waals surface area contributed by atoms with Crippen LogP contribution >= 0.6 is 11.6 Å². The van der Waals surface area contributed by atoms with Gasteiger partial charge >= 0.3 is 0 Å². The van der Waals surface area contributed by atoms with Gasteiger partial charge in [0, 0.05) is 17.6 Å². The standard InChI is InChI=1S/C12H16ClNO/c1-8-5-11(14-7-9-3-4-9)12(15-2)6-10(8)13/h5-6,9,14H,3-4,7H2,1-2H3. The molecule has 1 aliphatic rings. The van der Waals surface area contributed by atoms with Crippen LogP contribution in [0.25, 0.3) is 0 Å². The van der Waals surface area contributed by atoms with Gasteiger partial charge in [-0.2, -0.15) is 0 Å². The molecule has 0 aliphatic heterocycles. The molecule has 1 aliphatic carbocycles. The van der Waals surface area contributed by atoms with Crippen molar-refractivity contribution in [2.45, 2.75) is 19.8 Å². The Morgan fingerprint density at radius 3 is 2.80 bits per heavy atom. The van der Waals surface area contributed by atoms with Gasteiger partial charge in [-0.15, -0.1) is 0 Å². The van der Waals surface area contributed by atoms with Crippen molar-refractivity contribution in [3.8, 4) is 5.75 Å². The van der Waals surface area contributed by atoms with Crippen molar-refractivity contribution in [2.24, 2.45) is 5.92 Å². The van der Waals surface area contributed by atoms with Crippen molar-refractivity contribution in [1.29, 1.82) is 0 Å². The third kappa shape index (κ3) is 2.57. The first kappa shape index (κ1) is 10.6. The molecule has 0 unspecified atom stereocenters. The highest BCUT2D eigenvalue weighted by Gasteiger charge is 2.21. The smallest absolute Gasteiger partial charge is 0.143 e. The Kier molecular flexibility index (Phi) is 3.06. The first-order chi connectivity index (χ1) is 7.20. The van der Waals surface area contributed by atoms with Crippen LogP contribution in [0.15, 0.2) is 12.1 Å². The minimum atomic E-state index is 0.754. The summed E-state index contributed by atoms with van der Waals surface area (Å²) in [6, 6.07) is 3.91. The third-order valence-corrected chi connectivity index (χ3v) is 3.17. The number of ether oxygens (including phenoxy) is 1. The van der Waals surface area contributed by atoms with E-state index in [1.807, 2.05) is 19.1 Å². The van der Waals surface area contributed by atoms with Crippen LogP contribution in [0.4, 0.5) is 5.69 Å². The second kappa shape index (κ2) is 4.31. The predicted molar refractivity (Wildman–Crippen MR) is 64.0 cm³/mol. The normalized spacial score (nSPS) is 15.1. The molecule has 0 heterocycles. The lowest BCUT2D eigenvalue weighted by atomic mass is 10.2. The van der Waals surface area contributed by atoms with Crippen LogP contribution in [-0.4, -0.2) is 13.7 Å². The molecule has 2 nitrogen and oxygen atoms in total. The number of hydrogen-bond acceptors (Lipinski definition) is 2. The SMILES string of the molecule is COc1cc(Cl)c(C)cc1NCC1CC1. The molecule has 0 aromatic heterocycles. The minimum Gasteiger partial charge on any atom is -0.495 e. The number of methoxy groups -OCH3 is 1. The highest BCUT2D eigenvalue weighted by molar-refractivity contribution is 6.31. The van der Waals surface area contributed by atoms with E-state index in [1.54, 1.807) is 7.11 Å². The van der Waals surface area contributed by atoms with Gasteiger partial charge in [-0.1, -0.05) is 11.6 Å². The average molecular weight is 226 g/mol. The number of aryl methyl sites for hydroxylation is 1. The van der Waals surface area contributed by atoms with Crippen LogP contribution in [0, 0.1) is 12.8 Å². The van der Waals surface area contributed by atoms with Gasteiger partial charge in [-0.25, -0.2) is 0 Å². The van der Waals surface area contributed by atoms with Gasteiger partial charge in [-0.3, -0.25) is 0 Å². The average Bonchev–Trinajstić information content (AvgIpc) is 3.03. The quantitative estimate of drug-likeness (QED) is 0.847. The zero-order chi connectivity index (χ0) is 10.8. The van der Waals surface area contributed by atoms with Crippen LogP contribution in [0.3, 0.4) is 0 Å². The fraction of sp³-hybridized carbons (Fsp3) is 0.500. The monoisotopic (exact) mass is 225 g/mol. The summed E-state index contributed by atoms with van der Waals surface area (Å²) < 4.78 is 5.29. The van der Waals surface area contributed by atoms with E-state index in [9.17, 15) is 0 Å². The first-order valence-corrected chi connectivity index (χ1v) is 5.66. The molecular formula is C12H16ClNO. The minimum absolute atomic E-state index is 0.754. The molecule has 1 aromatic rings. The van der Waals surface area contributed by atoms with Gasteiger partial charge in [0.2, 0.25) is 0 Å². The van der Waals surface area contributed by atoms with E-state index in [0.717, 1.165) is 34.5 Å². The maximum Gasteiger partial charge on any atom is 0.143 e. The van der Waals surface area contributed by atoms with E-state index in [-0.39, 0.29) is 0 Å². The van der Waals surface area contributed by atoms with Gasteiger partial charge < -0.3 is 10.1 Å². The zero-order valence-electron chi connectivity index (χ0n) is 9.14. The lowest BCUT2D eigenvalue weighted by Crippen LogP contribution is -2.05. The number of hydrogen-bond donors (Lipinski definition) is 1. The van der Waals surface area contributed by atoms with Crippen molar-refractivity contribution in [3.63, 3.8) is 0 Å². The first-order valence-electron chi connectivity index (χ1n) is 5.28. The summed E-state index contributed by atoms with van der Waals surface area (Å²) in [7, 11) is 1.67. The van der Waals surface area contributed by atoms with Crippen LogP contribution in [-0.2, 0) is 0 Å². The Labute approximate surface area is 95.6 Å². The highest BCUT2D eigenvalue weighted by Crippen LogP contribution is 2.33. The lowest BCUT2D eigenvalue weighted by molar-refractivity contribution is 0.416. The molecule has 0 bridgehead atoms. The topological polar surface area (TPSA) is 21.3 Å². The molecule has 2 rings (SSSR count). The molecule has 82 valence electrons. The number of nitrogens with one attached hydrogen (secondary N) is 1. The summed E-state index contributed by atoms with van der Waals surface area (Å²) in [5.41, 5.74) is 2.13. The summed E-state index contributed by atoms with van der Waals surface area (Å²) in [6.07, 6.45) is 2.70. The lowest BCUT2D eigenvalue weighted by Gasteiger charge is -2.12. The summed E-state index contributed by atoms with van der Waals surface area (Å²) in [5.74, 6) is 1.68. The van der Waals surface area contributed by atoms with Crippen molar-refractivity contribution in [1.82, 2.24) is 0 Å². The summed E-state index contributed by atoms with van der Waals surface area (Å²) in [4.78, 5) is 0. The maximum atomic E-state index is 6.03. The summed E-state index contributed by atoms with van der Waals surface area (Å²) >= 11 is 6.03. The molecule has 1 saturated carbocycles.